The summed E-state index contributed by atoms with van der Waals surface area (Å²) in [7, 11) is 1.39. The Morgan fingerprint density at radius 1 is 0.679 bits per heavy atom. The minimum absolute atomic E-state index is 0.318. The number of fused-ring (bicyclic) bond motifs is 1. The zero-order valence-corrected chi connectivity index (χ0v) is 15.6. The van der Waals surface area contributed by atoms with Gasteiger partial charge >= 0.3 is 5.97 Å². The first kappa shape index (κ1) is 17.7. The number of benzene rings is 4. The molecule has 0 aromatic heterocycles. The fourth-order valence-electron chi connectivity index (χ4n) is 3.22. The summed E-state index contributed by atoms with van der Waals surface area (Å²) in [5.74, 6) is -0.318. The van der Waals surface area contributed by atoms with Gasteiger partial charge in [-0.05, 0) is 57.3 Å². The highest BCUT2D eigenvalue weighted by Gasteiger charge is 2.06. The normalized spacial score (nSPS) is 11.0. The molecule has 136 valence electrons. The van der Waals surface area contributed by atoms with Crippen LogP contribution in [0, 0.1) is 0 Å². The van der Waals surface area contributed by atoms with Crippen molar-refractivity contribution >= 4 is 28.9 Å². The molecule has 0 bridgehead atoms. The van der Waals surface area contributed by atoms with Gasteiger partial charge in [-0.25, -0.2) is 4.79 Å². The van der Waals surface area contributed by atoms with Crippen LogP contribution in [-0.2, 0) is 4.74 Å². The maximum absolute atomic E-state index is 11.6. The van der Waals surface area contributed by atoms with Crippen molar-refractivity contribution in [2.75, 3.05) is 7.11 Å². The maximum atomic E-state index is 11.6. The maximum Gasteiger partial charge on any atom is 0.337 e. The number of hydrogen-bond acceptors (Lipinski definition) is 2. The van der Waals surface area contributed by atoms with E-state index in [1.54, 1.807) is 12.1 Å². The predicted octanol–water partition coefficient (Wildman–Crippen LogP) is 6.46. The minimum Gasteiger partial charge on any atom is -0.465 e. The summed E-state index contributed by atoms with van der Waals surface area (Å²) in [6.45, 7) is 0. The second kappa shape index (κ2) is 7.93. The van der Waals surface area contributed by atoms with Crippen LogP contribution in [0.4, 0.5) is 0 Å². The Morgan fingerprint density at radius 2 is 1.32 bits per heavy atom. The lowest BCUT2D eigenvalue weighted by molar-refractivity contribution is 0.0601. The minimum atomic E-state index is -0.318. The van der Waals surface area contributed by atoms with Gasteiger partial charge in [0.2, 0.25) is 0 Å². The van der Waals surface area contributed by atoms with Crippen LogP contribution in [-0.4, -0.2) is 13.1 Å². The number of esters is 1. The number of carbonyl (C=O) groups excluding carboxylic acids is 1. The average Bonchev–Trinajstić information content (AvgIpc) is 2.77. The SMILES string of the molecule is COC(=O)c1ccc(-c2ccc3cc(C=Cc4ccccc4)ccc3c2)cc1. The molecule has 28 heavy (non-hydrogen) atoms. The van der Waals surface area contributed by atoms with Gasteiger partial charge in [0.05, 0.1) is 12.7 Å². The molecule has 0 saturated carbocycles. The highest BCUT2D eigenvalue weighted by Crippen LogP contribution is 2.26. The molecule has 0 unspecified atom stereocenters. The number of hydrogen-bond donors (Lipinski definition) is 0. The van der Waals surface area contributed by atoms with Crippen molar-refractivity contribution in [3.8, 4) is 11.1 Å². The van der Waals surface area contributed by atoms with Crippen LogP contribution in [0.2, 0.25) is 0 Å². The van der Waals surface area contributed by atoms with Crippen molar-refractivity contribution in [1.82, 2.24) is 0 Å². The van der Waals surface area contributed by atoms with E-state index in [0.717, 1.165) is 11.1 Å². The first-order valence-corrected chi connectivity index (χ1v) is 9.19. The van der Waals surface area contributed by atoms with Crippen molar-refractivity contribution in [1.29, 1.82) is 0 Å². The molecule has 4 aromatic carbocycles. The third-order valence-electron chi connectivity index (χ3n) is 4.77. The Bertz CT molecular complexity index is 1140. The molecule has 0 N–H and O–H groups in total. The molecule has 0 aliphatic heterocycles. The average molecular weight is 364 g/mol. The van der Waals surface area contributed by atoms with Gasteiger partial charge in [0.1, 0.15) is 0 Å². The number of rotatable bonds is 4. The van der Waals surface area contributed by atoms with Gasteiger partial charge in [-0.1, -0.05) is 78.9 Å². The van der Waals surface area contributed by atoms with Crippen LogP contribution in [0.25, 0.3) is 34.1 Å². The molecule has 0 radical (unpaired) electrons. The molecule has 2 nitrogen and oxygen atoms in total. The van der Waals surface area contributed by atoms with Gasteiger partial charge in [0.15, 0.2) is 0 Å². The summed E-state index contributed by atoms with van der Waals surface area (Å²) in [6, 6.07) is 30.7. The second-order valence-electron chi connectivity index (χ2n) is 6.63. The lowest BCUT2D eigenvalue weighted by Crippen LogP contribution is -2.00. The Kier molecular flexibility index (Phi) is 5.03. The van der Waals surface area contributed by atoms with E-state index in [1.807, 2.05) is 30.3 Å². The van der Waals surface area contributed by atoms with E-state index in [2.05, 4.69) is 60.7 Å². The number of methoxy groups -OCH3 is 1. The molecule has 0 saturated heterocycles. The quantitative estimate of drug-likeness (QED) is 0.307. The van der Waals surface area contributed by atoms with Crippen molar-refractivity contribution in [2.24, 2.45) is 0 Å². The molecule has 0 aliphatic carbocycles. The first-order chi connectivity index (χ1) is 13.7. The summed E-state index contributed by atoms with van der Waals surface area (Å²) < 4.78 is 4.75. The Morgan fingerprint density at radius 3 is 2.07 bits per heavy atom. The first-order valence-electron chi connectivity index (χ1n) is 9.19. The Hall–Kier alpha value is -3.65. The van der Waals surface area contributed by atoms with E-state index in [1.165, 1.54) is 29.0 Å². The van der Waals surface area contributed by atoms with Crippen molar-refractivity contribution in [3.63, 3.8) is 0 Å². The number of carbonyl (C=O) groups is 1. The van der Waals surface area contributed by atoms with E-state index < -0.39 is 0 Å². The van der Waals surface area contributed by atoms with Gasteiger partial charge < -0.3 is 4.74 Å². The Balaban J connectivity index is 1.60. The zero-order valence-electron chi connectivity index (χ0n) is 15.6. The third kappa shape index (κ3) is 3.86. The fourth-order valence-corrected chi connectivity index (χ4v) is 3.22. The summed E-state index contributed by atoms with van der Waals surface area (Å²) in [5, 5.41) is 2.39. The third-order valence-corrected chi connectivity index (χ3v) is 4.77. The van der Waals surface area contributed by atoms with Crippen molar-refractivity contribution in [2.45, 2.75) is 0 Å². The Labute approximate surface area is 164 Å². The van der Waals surface area contributed by atoms with E-state index in [0.29, 0.717) is 5.56 Å². The summed E-state index contributed by atoms with van der Waals surface area (Å²) in [5.41, 5.74) is 5.11. The van der Waals surface area contributed by atoms with Crippen LogP contribution in [0.15, 0.2) is 91.0 Å². The van der Waals surface area contributed by atoms with Gasteiger partial charge in [-0.15, -0.1) is 0 Å². The summed E-state index contributed by atoms with van der Waals surface area (Å²) in [4.78, 5) is 11.6. The van der Waals surface area contributed by atoms with Gasteiger partial charge in [-0.3, -0.25) is 0 Å². The smallest absolute Gasteiger partial charge is 0.337 e. The largest absolute Gasteiger partial charge is 0.465 e. The lowest BCUT2D eigenvalue weighted by Gasteiger charge is -2.06. The van der Waals surface area contributed by atoms with Crippen LogP contribution >= 0.6 is 0 Å². The van der Waals surface area contributed by atoms with Gasteiger partial charge in [0, 0.05) is 0 Å². The zero-order chi connectivity index (χ0) is 19.3. The molecular weight excluding hydrogens is 344 g/mol. The van der Waals surface area contributed by atoms with Crippen molar-refractivity contribution in [3.05, 3.63) is 108 Å². The van der Waals surface area contributed by atoms with E-state index in [9.17, 15) is 4.79 Å². The summed E-state index contributed by atoms with van der Waals surface area (Å²) in [6.07, 6.45) is 4.26. The monoisotopic (exact) mass is 364 g/mol. The second-order valence-corrected chi connectivity index (χ2v) is 6.63. The molecular formula is C26H20O2. The molecule has 0 aliphatic rings. The molecule has 2 heteroatoms. The lowest BCUT2D eigenvalue weighted by atomic mass is 9.99. The van der Waals surface area contributed by atoms with E-state index in [-0.39, 0.29) is 5.97 Å². The summed E-state index contributed by atoms with van der Waals surface area (Å²) >= 11 is 0. The molecule has 0 amide bonds. The molecule has 4 aromatic rings. The van der Waals surface area contributed by atoms with Gasteiger partial charge in [-0.2, -0.15) is 0 Å². The van der Waals surface area contributed by atoms with Gasteiger partial charge in [0.25, 0.3) is 0 Å². The van der Waals surface area contributed by atoms with Crippen LogP contribution < -0.4 is 0 Å². The number of ether oxygens (including phenoxy) is 1. The topological polar surface area (TPSA) is 26.3 Å². The molecule has 0 heterocycles. The van der Waals surface area contributed by atoms with Crippen LogP contribution in [0.3, 0.4) is 0 Å². The van der Waals surface area contributed by atoms with E-state index in [4.69, 9.17) is 4.74 Å². The highest BCUT2D eigenvalue weighted by atomic mass is 16.5. The van der Waals surface area contributed by atoms with E-state index >= 15 is 0 Å². The molecule has 0 spiro atoms. The molecule has 0 fully saturated rings. The van der Waals surface area contributed by atoms with Crippen molar-refractivity contribution < 1.29 is 9.53 Å². The van der Waals surface area contributed by atoms with Crippen LogP contribution in [0.1, 0.15) is 21.5 Å². The standard InChI is InChI=1S/C26H20O2/c1-28-26(27)22-13-11-21(12-14-22)24-16-15-23-17-20(9-10-25(23)18-24)8-7-19-5-3-2-4-6-19/h2-18H,1H3. The fraction of sp³-hybridized carbons (Fsp3) is 0.0385. The molecule has 0 atom stereocenters. The molecule has 4 rings (SSSR count). The highest BCUT2D eigenvalue weighted by molar-refractivity contribution is 5.92. The predicted molar refractivity (Wildman–Crippen MR) is 116 cm³/mol. The van der Waals surface area contributed by atoms with Crippen LogP contribution in [0.5, 0.6) is 0 Å².